The fourth-order valence-electron chi connectivity index (χ4n) is 4.27. The fourth-order valence-corrected chi connectivity index (χ4v) is 4.27. The number of rotatable bonds is 8. The SMILES string of the molecule is C#CC(C)(C)N1CCCC[C@@H]1C(=O)N[C@H](C(=O)N(C)[C@H](/C=C(\C)C(=O)O)C(C)C)C(C)(C)C. The molecule has 0 aromatic rings. The summed E-state index contributed by atoms with van der Waals surface area (Å²) in [6.07, 6.45) is 9.94. The zero-order valence-electron chi connectivity index (χ0n) is 21.9. The summed E-state index contributed by atoms with van der Waals surface area (Å²) in [5.41, 5.74) is -0.934. The van der Waals surface area contributed by atoms with Crippen molar-refractivity contribution in [2.75, 3.05) is 13.6 Å². The minimum atomic E-state index is -1.02. The Hall–Kier alpha value is -2.33. The molecule has 1 saturated heterocycles. The largest absolute Gasteiger partial charge is 0.478 e. The molecular formula is C26H43N3O4. The van der Waals surface area contributed by atoms with Crippen LogP contribution < -0.4 is 5.32 Å². The summed E-state index contributed by atoms with van der Waals surface area (Å²) in [5, 5.41) is 12.3. The lowest BCUT2D eigenvalue weighted by molar-refractivity contribution is -0.142. The highest BCUT2D eigenvalue weighted by molar-refractivity contribution is 5.91. The maximum absolute atomic E-state index is 13.6. The number of hydrogen-bond donors (Lipinski definition) is 2. The smallest absolute Gasteiger partial charge is 0.331 e. The van der Waals surface area contributed by atoms with Gasteiger partial charge in [-0.05, 0) is 44.9 Å². The van der Waals surface area contributed by atoms with E-state index in [1.165, 1.54) is 6.92 Å². The summed E-state index contributed by atoms with van der Waals surface area (Å²) < 4.78 is 0. The lowest BCUT2D eigenvalue weighted by Gasteiger charge is -2.44. The monoisotopic (exact) mass is 461 g/mol. The zero-order valence-corrected chi connectivity index (χ0v) is 21.9. The van der Waals surface area contributed by atoms with Gasteiger partial charge in [-0.2, -0.15) is 0 Å². The average molecular weight is 462 g/mol. The van der Waals surface area contributed by atoms with Crippen LogP contribution in [0.25, 0.3) is 0 Å². The van der Waals surface area contributed by atoms with Gasteiger partial charge in [0.1, 0.15) is 6.04 Å². The Morgan fingerprint density at radius 3 is 2.21 bits per heavy atom. The molecule has 1 fully saturated rings. The Kier molecular flexibility index (Phi) is 9.74. The number of carboxylic acid groups (broad SMARTS) is 1. The second-order valence-electron chi connectivity index (χ2n) is 11.1. The topological polar surface area (TPSA) is 90.0 Å². The molecule has 0 aromatic heterocycles. The molecule has 1 rings (SSSR count). The van der Waals surface area contributed by atoms with Gasteiger partial charge in [-0.15, -0.1) is 6.42 Å². The maximum atomic E-state index is 13.6. The average Bonchev–Trinajstić information content (AvgIpc) is 2.73. The molecule has 0 radical (unpaired) electrons. The highest BCUT2D eigenvalue weighted by Gasteiger charge is 2.41. The van der Waals surface area contributed by atoms with E-state index in [9.17, 15) is 19.5 Å². The second kappa shape index (κ2) is 11.2. The molecular weight excluding hydrogens is 418 g/mol. The third kappa shape index (κ3) is 7.33. The van der Waals surface area contributed by atoms with Gasteiger partial charge in [-0.25, -0.2) is 4.79 Å². The normalized spacial score (nSPS) is 20.0. The van der Waals surface area contributed by atoms with Crippen LogP contribution in [-0.4, -0.2) is 69.9 Å². The summed E-state index contributed by atoms with van der Waals surface area (Å²) in [6.45, 7) is 15.7. The molecule has 0 bridgehead atoms. The molecule has 2 N–H and O–H groups in total. The lowest BCUT2D eigenvalue weighted by Crippen LogP contribution is -2.62. The number of amides is 2. The minimum Gasteiger partial charge on any atom is -0.478 e. The Balaban J connectivity index is 3.23. The number of likely N-dealkylation sites (tertiary alicyclic amines) is 1. The second-order valence-corrected chi connectivity index (χ2v) is 11.1. The first-order valence-electron chi connectivity index (χ1n) is 11.8. The highest BCUT2D eigenvalue weighted by atomic mass is 16.4. The van der Waals surface area contributed by atoms with Gasteiger partial charge in [0, 0.05) is 19.2 Å². The molecule has 3 atom stereocenters. The van der Waals surface area contributed by atoms with Crippen LogP contribution in [0.5, 0.6) is 0 Å². The molecule has 0 spiro atoms. The molecule has 33 heavy (non-hydrogen) atoms. The number of hydrogen-bond acceptors (Lipinski definition) is 4. The molecule has 1 aliphatic rings. The number of nitrogens with zero attached hydrogens (tertiary/aromatic N) is 2. The molecule has 186 valence electrons. The first-order chi connectivity index (χ1) is 15.0. The van der Waals surface area contributed by atoms with Gasteiger partial charge in [-0.1, -0.05) is 53.0 Å². The van der Waals surface area contributed by atoms with E-state index < -0.39 is 35.0 Å². The van der Waals surface area contributed by atoms with Crippen molar-refractivity contribution < 1.29 is 19.5 Å². The Morgan fingerprint density at radius 1 is 1.18 bits per heavy atom. The van der Waals surface area contributed by atoms with Gasteiger partial charge in [0.15, 0.2) is 0 Å². The number of nitrogens with one attached hydrogen (secondary N) is 1. The predicted octanol–water partition coefficient (Wildman–Crippen LogP) is 3.30. The summed E-state index contributed by atoms with van der Waals surface area (Å²) in [4.78, 5) is 42.0. The predicted molar refractivity (Wildman–Crippen MR) is 131 cm³/mol. The quantitative estimate of drug-likeness (QED) is 0.428. The van der Waals surface area contributed by atoms with E-state index in [0.29, 0.717) is 6.42 Å². The fraction of sp³-hybridized carbons (Fsp3) is 0.731. The molecule has 1 aliphatic heterocycles. The van der Waals surface area contributed by atoms with Gasteiger partial charge in [-0.3, -0.25) is 14.5 Å². The summed E-state index contributed by atoms with van der Waals surface area (Å²) >= 11 is 0. The van der Waals surface area contributed by atoms with Crippen LogP contribution in [0.3, 0.4) is 0 Å². The maximum Gasteiger partial charge on any atom is 0.331 e. The number of carboxylic acids is 1. The van der Waals surface area contributed by atoms with Gasteiger partial charge < -0.3 is 15.3 Å². The Bertz CT molecular complexity index is 801. The number of carbonyl (C=O) groups excluding carboxylic acids is 2. The number of terminal acetylenes is 1. The van der Waals surface area contributed by atoms with Crippen molar-refractivity contribution >= 4 is 17.8 Å². The first kappa shape index (κ1) is 28.7. The number of aliphatic carboxylic acids is 1. The Morgan fingerprint density at radius 2 is 1.76 bits per heavy atom. The first-order valence-corrected chi connectivity index (χ1v) is 11.8. The van der Waals surface area contributed by atoms with Crippen LogP contribution in [0.1, 0.15) is 74.7 Å². The van der Waals surface area contributed by atoms with Crippen LogP contribution >= 0.6 is 0 Å². The third-order valence-corrected chi connectivity index (χ3v) is 6.51. The van der Waals surface area contributed by atoms with Crippen molar-refractivity contribution in [1.29, 1.82) is 0 Å². The molecule has 2 amide bonds. The van der Waals surface area contributed by atoms with Crippen molar-refractivity contribution in [2.45, 2.75) is 98.3 Å². The molecule has 7 nitrogen and oxygen atoms in total. The summed E-state index contributed by atoms with van der Waals surface area (Å²) in [5.74, 6) is 1.32. The summed E-state index contributed by atoms with van der Waals surface area (Å²) in [7, 11) is 1.66. The van der Waals surface area contributed by atoms with E-state index in [2.05, 4.69) is 16.1 Å². The van der Waals surface area contributed by atoms with Crippen LogP contribution in [-0.2, 0) is 14.4 Å². The minimum absolute atomic E-state index is 0.00478. The molecule has 0 saturated carbocycles. The van der Waals surface area contributed by atoms with Crippen LogP contribution in [0.2, 0.25) is 0 Å². The standard InChI is InChI=1S/C26H43N3O4/c1-11-26(8,9)29-15-13-12-14-19(29)22(30)27-21(25(5,6)7)23(31)28(10)20(17(2)3)16-18(4)24(32)33/h1,16-17,19-21H,12-15H2,2-10H3,(H,27,30)(H,32,33)/b18-16+/t19-,20-,21-/m1/s1. The highest BCUT2D eigenvalue weighted by Crippen LogP contribution is 2.28. The van der Waals surface area contributed by atoms with Crippen LogP contribution in [0.15, 0.2) is 11.6 Å². The molecule has 0 aromatic carbocycles. The molecule has 0 aliphatic carbocycles. The lowest BCUT2D eigenvalue weighted by atomic mass is 9.84. The van der Waals surface area contributed by atoms with Crippen molar-refractivity contribution in [1.82, 2.24) is 15.1 Å². The van der Waals surface area contributed by atoms with Crippen molar-refractivity contribution in [3.05, 3.63) is 11.6 Å². The van der Waals surface area contributed by atoms with E-state index in [1.807, 2.05) is 48.5 Å². The van der Waals surface area contributed by atoms with E-state index in [0.717, 1.165) is 19.4 Å². The van der Waals surface area contributed by atoms with E-state index in [-0.39, 0.29) is 23.3 Å². The third-order valence-electron chi connectivity index (χ3n) is 6.51. The zero-order chi connectivity index (χ0) is 25.7. The van der Waals surface area contributed by atoms with E-state index in [4.69, 9.17) is 6.42 Å². The van der Waals surface area contributed by atoms with Crippen molar-refractivity contribution in [2.24, 2.45) is 11.3 Å². The number of likely N-dealkylation sites (N-methyl/N-ethyl adjacent to an activating group) is 1. The van der Waals surface area contributed by atoms with Crippen molar-refractivity contribution in [3.63, 3.8) is 0 Å². The van der Waals surface area contributed by atoms with Gasteiger partial charge in [0.2, 0.25) is 11.8 Å². The van der Waals surface area contributed by atoms with Crippen LogP contribution in [0, 0.1) is 23.7 Å². The number of piperidine rings is 1. The Labute approximate surface area is 200 Å². The molecule has 7 heteroatoms. The van der Waals surface area contributed by atoms with E-state index >= 15 is 0 Å². The van der Waals surface area contributed by atoms with Gasteiger partial charge in [0.25, 0.3) is 0 Å². The number of carbonyl (C=O) groups is 3. The van der Waals surface area contributed by atoms with Gasteiger partial charge in [0.05, 0.1) is 17.6 Å². The molecule has 0 unspecified atom stereocenters. The van der Waals surface area contributed by atoms with Crippen molar-refractivity contribution in [3.8, 4) is 12.3 Å². The summed E-state index contributed by atoms with van der Waals surface area (Å²) in [6, 6.07) is -1.59. The van der Waals surface area contributed by atoms with Crippen LogP contribution in [0.4, 0.5) is 0 Å². The van der Waals surface area contributed by atoms with E-state index in [1.54, 1.807) is 18.0 Å². The van der Waals surface area contributed by atoms with Gasteiger partial charge >= 0.3 is 5.97 Å². The molecule has 1 heterocycles.